The average molecular weight is 603 g/mol. The van der Waals surface area contributed by atoms with E-state index < -0.39 is 49.8 Å². The molecule has 1 fully saturated rings. The molecule has 4 rings (SSSR count). The van der Waals surface area contributed by atoms with Crippen LogP contribution in [-0.4, -0.2) is 66.3 Å². The molecule has 0 spiro atoms. The van der Waals surface area contributed by atoms with Crippen LogP contribution in [0.2, 0.25) is 0 Å². The molecule has 15 heteroatoms. The summed E-state index contributed by atoms with van der Waals surface area (Å²) in [7, 11) is -4.48. The van der Waals surface area contributed by atoms with Crippen LogP contribution < -0.4 is 15.3 Å². The molecule has 1 aliphatic heterocycles. The second-order valence-corrected chi connectivity index (χ2v) is 12.1. The van der Waals surface area contributed by atoms with Crippen LogP contribution in [0.25, 0.3) is 5.52 Å². The number of ether oxygens (including phenoxy) is 1. The lowest BCUT2D eigenvalue weighted by Gasteiger charge is -2.33. The van der Waals surface area contributed by atoms with E-state index in [0.29, 0.717) is 18.4 Å². The maximum atomic E-state index is 14.2. The topological polar surface area (TPSA) is 215 Å². The number of hydrogen-bond acceptors (Lipinski definition) is 11. The summed E-state index contributed by atoms with van der Waals surface area (Å²) in [5.41, 5.74) is 2.51. The molecule has 0 bridgehead atoms. The first-order chi connectivity index (χ1) is 19.9. The highest BCUT2D eigenvalue weighted by Gasteiger charge is 2.58. The van der Waals surface area contributed by atoms with Crippen molar-refractivity contribution in [2.45, 2.75) is 69.5 Å². The van der Waals surface area contributed by atoms with Crippen LogP contribution >= 0.6 is 7.75 Å². The number of nitriles is 1. The van der Waals surface area contributed by atoms with Crippen molar-refractivity contribution < 1.29 is 38.5 Å². The third-order valence-electron chi connectivity index (χ3n) is 7.57. The molecular formula is C27H35N6O8P. The van der Waals surface area contributed by atoms with Gasteiger partial charge in [0.15, 0.2) is 5.82 Å². The minimum absolute atomic E-state index is 0.00451. The Morgan fingerprint density at radius 2 is 1.98 bits per heavy atom. The lowest BCUT2D eigenvalue weighted by molar-refractivity contribution is -0.144. The molecule has 0 amide bonds. The number of para-hydroxylation sites is 1. The lowest BCUT2D eigenvalue weighted by atomic mass is 9.87. The van der Waals surface area contributed by atoms with Crippen LogP contribution in [0, 0.1) is 17.2 Å². The van der Waals surface area contributed by atoms with E-state index in [1.807, 2.05) is 19.9 Å². The fraction of sp³-hybridized carbons (Fsp3) is 0.481. The first-order valence-corrected chi connectivity index (χ1v) is 15.0. The normalized spacial score (nSPS) is 25.1. The number of aliphatic hydroxyl groups is 2. The third-order valence-corrected chi connectivity index (χ3v) is 9.28. The van der Waals surface area contributed by atoms with Gasteiger partial charge in [-0.25, -0.2) is 14.1 Å². The molecule has 1 saturated heterocycles. The van der Waals surface area contributed by atoms with Crippen molar-refractivity contribution in [3.8, 4) is 11.8 Å². The van der Waals surface area contributed by atoms with Crippen LogP contribution in [0.3, 0.4) is 0 Å². The summed E-state index contributed by atoms with van der Waals surface area (Å²) in [6.45, 7) is 4.63. The summed E-state index contributed by atoms with van der Waals surface area (Å²) >= 11 is 0. The number of carboxylic acids is 1. The van der Waals surface area contributed by atoms with E-state index in [0.717, 1.165) is 0 Å². The number of nitrogens with zero attached hydrogens (tertiary/aromatic N) is 4. The Morgan fingerprint density at radius 1 is 1.29 bits per heavy atom. The third kappa shape index (κ3) is 5.98. The Hall–Kier alpha value is -3.57. The number of hydrogen-bond donors (Lipinski definition) is 5. The minimum Gasteiger partial charge on any atom is -0.480 e. The Morgan fingerprint density at radius 3 is 2.60 bits per heavy atom. The quantitative estimate of drug-likeness (QED) is 0.178. The molecule has 0 aliphatic carbocycles. The molecule has 6 atom stereocenters. The molecule has 2 unspecified atom stereocenters. The van der Waals surface area contributed by atoms with Gasteiger partial charge in [0.2, 0.25) is 5.60 Å². The number of aliphatic carboxylic acids is 1. The maximum Gasteiger partial charge on any atom is 0.459 e. The van der Waals surface area contributed by atoms with Gasteiger partial charge in [-0.1, -0.05) is 44.9 Å². The molecule has 3 aromatic rings. The summed E-state index contributed by atoms with van der Waals surface area (Å²) < 4.78 is 32.7. The number of benzene rings is 1. The van der Waals surface area contributed by atoms with Crippen molar-refractivity contribution in [2.75, 3.05) is 12.3 Å². The van der Waals surface area contributed by atoms with Gasteiger partial charge in [-0.3, -0.25) is 9.32 Å². The minimum atomic E-state index is -4.48. The van der Waals surface area contributed by atoms with E-state index in [2.05, 4.69) is 15.2 Å². The Labute approximate surface area is 242 Å². The summed E-state index contributed by atoms with van der Waals surface area (Å²) in [5.74, 6) is -0.991. The smallest absolute Gasteiger partial charge is 0.459 e. The Kier molecular flexibility index (Phi) is 9.22. The van der Waals surface area contributed by atoms with Gasteiger partial charge in [0.05, 0.1) is 12.3 Å². The van der Waals surface area contributed by atoms with Crippen molar-refractivity contribution >= 4 is 25.1 Å². The number of aromatic nitrogens is 3. The molecule has 3 heterocycles. The summed E-state index contributed by atoms with van der Waals surface area (Å²) in [4.78, 5) is 16.3. The second-order valence-electron chi connectivity index (χ2n) is 10.4. The van der Waals surface area contributed by atoms with E-state index in [-0.39, 0.29) is 29.6 Å². The molecule has 14 nitrogen and oxygen atoms in total. The molecule has 2 aromatic heterocycles. The predicted octanol–water partition coefficient (Wildman–Crippen LogP) is 2.61. The van der Waals surface area contributed by atoms with E-state index in [1.165, 1.54) is 42.0 Å². The fourth-order valence-electron chi connectivity index (χ4n) is 5.06. The lowest BCUT2D eigenvalue weighted by Crippen LogP contribution is -2.50. The number of fused-ring (bicyclic) bond motifs is 1. The zero-order valence-electron chi connectivity index (χ0n) is 23.5. The van der Waals surface area contributed by atoms with Crippen molar-refractivity contribution in [2.24, 2.45) is 5.92 Å². The number of anilines is 1. The van der Waals surface area contributed by atoms with Gasteiger partial charge in [-0.15, -0.1) is 0 Å². The summed E-state index contributed by atoms with van der Waals surface area (Å²) in [5, 5.41) is 48.9. The van der Waals surface area contributed by atoms with Gasteiger partial charge in [-0.05, 0) is 43.5 Å². The van der Waals surface area contributed by atoms with E-state index in [1.54, 1.807) is 18.2 Å². The zero-order valence-corrected chi connectivity index (χ0v) is 24.3. The van der Waals surface area contributed by atoms with Crippen LogP contribution in [-0.2, 0) is 24.2 Å². The van der Waals surface area contributed by atoms with Gasteiger partial charge in [0.1, 0.15) is 47.5 Å². The number of nitrogen functional groups attached to an aromatic ring is 1. The van der Waals surface area contributed by atoms with Crippen LogP contribution in [0.15, 0.2) is 48.8 Å². The highest BCUT2D eigenvalue weighted by atomic mass is 31.2. The first-order valence-electron chi connectivity index (χ1n) is 13.5. The Bertz CT molecular complexity index is 1490. The van der Waals surface area contributed by atoms with E-state index in [4.69, 9.17) is 19.5 Å². The largest absolute Gasteiger partial charge is 0.480 e. The predicted molar refractivity (Wildman–Crippen MR) is 150 cm³/mol. The number of nitrogens with two attached hydrogens (primary N) is 1. The standard InChI is InChI=1S/C27H35N6O8P/c1-4-17(5-2)13-26(3,25(36)37)32-42(38,41-18-9-7-6-8-10-18)39-14-20-22(34)23(35)27(15-28,40-20)21-12-11-19-24(29)30-16-31-33(19)21/h6-12,16-17,20,22-23,34-35H,4-5,13-14H2,1-3H3,(H,32,38)(H,36,37)(H2,29,30,31)/t20-,22-,23-,26?,27+,42?/m1/s1. The number of nitrogens with one attached hydrogen (secondary N) is 1. The first kappa shape index (κ1) is 31.4. The SMILES string of the molecule is CCC(CC)CC(C)(NP(=O)(OC[C@H]1O[C@@](C#N)(c2ccc3c(N)ncnn23)[C@H](O)[C@@H]1O)Oc1ccccc1)C(=O)O. The molecule has 0 saturated carbocycles. The van der Waals surface area contributed by atoms with E-state index in [9.17, 15) is 29.9 Å². The molecule has 6 N–H and O–H groups in total. The van der Waals surface area contributed by atoms with Gasteiger partial charge in [0, 0.05) is 0 Å². The molecular weight excluding hydrogens is 567 g/mol. The van der Waals surface area contributed by atoms with Crippen molar-refractivity contribution in [1.29, 1.82) is 5.26 Å². The van der Waals surface area contributed by atoms with Crippen molar-refractivity contribution in [3.05, 3.63) is 54.5 Å². The Balaban J connectivity index is 1.63. The molecule has 226 valence electrons. The number of aliphatic hydroxyl groups excluding tert-OH is 2. The number of carbonyl (C=O) groups is 1. The van der Waals surface area contributed by atoms with Crippen molar-refractivity contribution in [3.63, 3.8) is 0 Å². The van der Waals surface area contributed by atoms with Gasteiger partial charge in [0.25, 0.3) is 0 Å². The molecule has 1 aliphatic rings. The average Bonchev–Trinajstić information content (AvgIpc) is 3.51. The monoisotopic (exact) mass is 602 g/mol. The van der Waals surface area contributed by atoms with Crippen LogP contribution in [0.4, 0.5) is 5.82 Å². The van der Waals surface area contributed by atoms with Crippen LogP contribution in [0.1, 0.15) is 45.7 Å². The summed E-state index contributed by atoms with van der Waals surface area (Å²) in [6.07, 6.45) is -2.12. The van der Waals surface area contributed by atoms with Crippen LogP contribution in [0.5, 0.6) is 5.75 Å². The molecule has 42 heavy (non-hydrogen) atoms. The zero-order chi connectivity index (χ0) is 30.7. The van der Waals surface area contributed by atoms with E-state index >= 15 is 0 Å². The highest BCUT2D eigenvalue weighted by molar-refractivity contribution is 7.52. The van der Waals surface area contributed by atoms with Gasteiger partial charge >= 0.3 is 13.7 Å². The van der Waals surface area contributed by atoms with Crippen molar-refractivity contribution in [1.82, 2.24) is 19.7 Å². The molecule has 0 radical (unpaired) electrons. The van der Waals surface area contributed by atoms with Gasteiger partial charge < -0.3 is 30.3 Å². The molecule has 1 aromatic carbocycles. The second kappa shape index (κ2) is 12.3. The number of rotatable bonds is 13. The highest BCUT2D eigenvalue weighted by Crippen LogP contribution is 2.49. The fourth-order valence-corrected chi connectivity index (χ4v) is 6.76. The van der Waals surface area contributed by atoms with Gasteiger partial charge in [-0.2, -0.15) is 15.4 Å². The summed E-state index contributed by atoms with van der Waals surface area (Å²) in [6, 6.07) is 13.0. The maximum absolute atomic E-state index is 14.2. The number of carboxylic acid groups (broad SMARTS) is 1.